The van der Waals surface area contributed by atoms with Crippen molar-refractivity contribution in [2.45, 2.75) is 32.4 Å². The molecule has 0 radical (unpaired) electrons. The van der Waals surface area contributed by atoms with E-state index >= 15 is 0 Å². The van der Waals surface area contributed by atoms with Crippen molar-refractivity contribution in [2.24, 2.45) is 0 Å². The van der Waals surface area contributed by atoms with Crippen LogP contribution in [0.15, 0.2) is 18.2 Å². The molecule has 2 rings (SSSR count). The van der Waals surface area contributed by atoms with Gasteiger partial charge in [0.05, 0.1) is 11.6 Å². The molecule has 0 aromatic heterocycles. The van der Waals surface area contributed by atoms with Gasteiger partial charge in [0.1, 0.15) is 5.82 Å². The molecule has 23 heavy (non-hydrogen) atoms. The van der Waals surface area contributed by atoms with Gasteiger partial charge in [0.15, 0.2) is 0 Å². The van der Waals surface area contributed by atoms with E-state index in [9.17, 15) is 14.0 Å². The number of nitrogens with zero attached hydrogens (tertiary/aromatic N) is 2. The first kappa shape index (κ1) is 16.7. The van der Waals surface area contributed by atoms with Gasteiger partial charge in [-0.15, -0.1) is 0 Å². The van der Waals surface area contributed by atoms with Crippen molar-refractivity contribution in [1.29, 1.82) is 5.26 Å². The predicted octanol–water partition coefficient (Wildman–Crippen LogP) is 1.51. The molecule has 1 aliphatic rings. The molecule has 6 nitrogen and oxygen atoms in total. The average Bonchev–Trinajstić information content (AvgIpc) is 2.91. The van der Waals surface area contributed by atoms with Crippen molar-refractivity contribution in [2.75, 3.05) is 13.1 Å². The number of hydrogen-bond acceptors (Lipinski definition) is 3. The fourth-order valence-corrected chi connectivity index (χ4v) is 2.50. The van der Waals surface area contributed by atoms with Crippen molar-refractivity contribution >= 4 is 11.9 Å². The van der Waals surface area contributed by atoms with Gasteiger partial charge in [-0.1, -0.05) is 0 Å². The molecule has 1 fully saturated rings. The highest BCUT2D eigenvalue weighted by molar-refractivity contribution is 5.78. The maximum Gasteiger partial charge on any atom is 0.315 e. The Morgan fingerprint density at radius 1 is 1.52 bits per heavy atom. The summed E-state index contributed by atoms with van der Waals surface area (Å²) in [4.78, 5) is 25.1. The molecule has 2 N–H and O–H groups in total. The SMILES string of the molecule is C[C@H](CN1CCCC1=O)NC(=O)NCc1cc(C#N)ccc1F. The lowest BCUT2D eigenvalue weighted by Gasteiger charge is -2.21. The summed E-state index contributed by atoms with van der Waals surface area (Å²) >= 11 is 0. The molecule has 3 amide bonds. The number of urea groups is 1. The molecule has 1 aromatic carbocycles. The number of benzene rings is 1. The zero-order valence-corrected chi connectivity index (χ0v) is 12.9. The first-order valence-corrected chi connectivity index (χ1v) is 7.50. The molecule has 7 heteroatoms. The number of carbonyl (C=O) groups is 2. The number of amides is 3. The van der Waals surface area contributed by atoms with E-state index in [4.69, 9.17) is 5.26 Å². The molecule has 1 aliphatic heterocycles. The van der Waals surface area contributed by atoms with E-state index in [1.165, 1.54) is 18.2 Å². The largest absolute Gasteiger partial charge is 0.341 e. The number of likely N-dealkylation sites (tertiary alicyclic amines) is 1. The Bertz CT molecular complexity index is 641. The van der Waals surface area contributed by atoms with Crippen molar-refractivity contribution in [3.63, 3.8) is 0 Å². The Morgan fingerprint density at radius 2 is 2.30 bits per heavy atom. The molecule has 0 bridgehead atoms. The van der Waals surface area contributed by atoms with Gasteiger partial charge in [-0.3, -0.25) is 4.79 Å². The molecular formula is C16H19FN4O2. The number of rotatable bonds is 5. The van der Waals surface area contributed by atoms with Crippen molar-refractivity contribution in [3.05, 3.63) is 35.1 Å². The van der Waals surface area contributed by atoms with Crippen molar-refractivity contribution in [3.8, 4) is 6.07 Å². The highest BCUT2D eigenvalue weighted by Crippen LogP contribution is 2.10. The van der Waals surface area contributed by atoms with Crippen molar-refractivity contribution < 1.29 is 14.0 Å². The number of hydrogen-bond donors (Lipinski definition) is 2. The van der Waals surface area contributed by atoms with Crippen LogP contribution < -0.4 is 10.6 Å². The second-order valence-electron chi connectivity index (χ2n) is 5.59. The highest BCUT2D eigenvalue weighted by atomic mass is 19.1. The maximum atomic E-state index is 13.6. The third-order valence-electron chi connectivity index (χ3n) is 3.66. The minimum absolute atomic E-state index is 0.0114. The van der Waals surface area contributed by atoms with Gasteiger partial charge in [0.2, 0.25) is 5.91 Å². The molecule has 1 aromatic rings. The lowest BCUT2D eigenvalue weighted by atomic mass is 10.1. The van der Waals surface area contributed by atoms with Gasteiger partial charge in [0, 0.05) is 37.7 Å². The molecular weight excluding hydrogens is 299 g/mol. The Kier molecular flexibility index (Phi) is 5.52. The number of nitrogens with one attached hydrogen (secondary N) is 2. The Hall–Kier alpha value is -2.62. The van der Waals surface area contributed by atoms with Crippen LogP contribution in [-0.4, -0.2) is 36.0 Å². The summed E-state index contributed by atoms with van der Waals surface area (Å²) in [6, 6.07) is 5.28. The fourth-order valence-electron chi connectivity index (χ4n) is 2.50. The maximum absolute atomic E-state index is 13.6. The van der Waals surface area contributed by atoms with E-state index in [0.29, 0.717) is 18.5 Å². The summed E-state index contributed by atoms with van der Waals surface area (Å²) in [5.41, 5.74) is 0.589. The van der Waals surface area contributed by atoms with Crippen LogP contribution in [0.3, 0.4) is 0 Å². The average molecular weight is 318 g/mol. The van der Waals surface area contributed by atoms with Crippen molar-refractivity contribution in [1.82, 2.24) is 15.5 Å². The predicted molar refractivity (Wildman–Crippen MR) is 81.8 cm³/mol. The van der Waals surface area contributed by atoms with E-state index in [1.807, 2.05) is 13.0 Å². The van der Waals surface area contributed by atoms with Gasteiger partial charge >= 0.3 is 6.03 Å². The van der Waals surface area contributed by atoms with Gasteiger partial charge in [-0.05, 0) is 31.5 Å². The lowest BCUT2D eigenvalue weighted by molar-refractivity contribution is -0.127. The topological polar surface area (TPSA) is 85.2 Å². The number of nitriles is 1. The summed E-state index contributed by atoms with van der Waals surface area (Å²) in [6.07, 6.45) is 1.42. The van der Waals surface area contributed by atoms with Crippen LogP contribution in [0.25, 0.3) is 0 Å². The Morgan fingerprint density at radius 3 is 2.96 bits per heavy atom. The van der Waals surface area contributed by atoms with Crippen LogP contribution in [0, 0.1) is 17.1 Å². The quantitative estimate of drug-likeness (QED) is 0.863. The first-order valence-electron chi connectivity index (χ1n) is 7.50. The first-order chi connectivity index (χ1) is 11.0. The lowest BCUT2D eigenvalue weighted by Crippen LogP contribution is -2.46. The Labute approximate surface area is 134 Å². The van der Waals surface area contributed by atoms with Crippen LogP contribution in [-0.2, 0) is 11.3 Å². The molecule has 0 aliphatic carbocycles. The van der Waals surface area contributed by atoms with E-state index in [1.54, 1.807) is 4.90 Å². The summed E-state index contributed by atoms with van der Waals surface area (Å²) in [5.74, 6) is -0.366. The monoisotopic (exact) mass is 318 g/mol. The second-order valence-corrected chi connectivity index (χ2v) is 5.59. The zero-order chi connectivity index (χ0) is 16.8. The van der Waals surface area contributed by atoms with Crippen LogP contribution in [0.5, 0.6) is 0 Å². The van der Waals surface area contributed by atoms with Gasteiger partial charge < -0.3 is 15.5 Å². The molecule has 0 saturated carbocycles. The molecule has 1 saturated heterocycles. The minimum Gasteiger partial charge on any atom is -0.341 e. The zero-order valence-electron chi connectivity index (χ0n) is 12.9. The summed E-state index contributed by atoms with van der Waals surface area (Å²) < 4.78 is 13.6. The third-order valence-corrected chi connectivity index (χ3v) is 3.66. The normalized spacial score (nSPS) is 15.2. The molecule has 1 heterocycles. The van der Waals surface area contributed by atoms with E-state index in [-0.39, 0.29) is 24.1 Å². The summed E-state index contributed by atoms with van der Waals surface area (Å²) in [5, 5.41) is 14.1. The minimum atomic E-state index is -0.472. The second kappa shape index (κ2) is 7.58. The Balaban J connectivity index is 1.81. The van der Waals surface area contributed by atoms with Crippen LogP contribution in [0.2, 0.25) is 0 Å². The fraction of sp³-hybridized carbons (Fsp3) is 0.438. The van der Waals surface area contributed by atoms with Crippen LogP contribution in [0.4, 0.5) is 9.18 Å². The van der Waals surface area contributed by atoms with E-state index in [2.05, 4.69) is 10.6 Å². The molecule has 0 unspecified atom stereocenters. The smallest absolute Gasteiger partial charge is 0.315 e. The molecule has 122 valence electrons. The number of halogens is 1. The standard InChI is InChI=1S/C16H19FN4O2/c1-11(10-21-6-2-3-15(21)22)20-16(23)19-9-13-7-12(8-18)4-5-14(13)17/h4-5,7,11H,2-3,6,9-10H2,1H3,(H2,19,20,23)/t11-/m1/s1. The summed E-state index contributed by atoms with van der Waals surface area (Å²) in [6.45, 7) is 2.98. The van der Waals surface area contributed by atoms with Crippen LogP contribution in [0.1, 0.15) is 30.9 Å². The third kappa shape index (κ3) is 4.68. The highest BCUT2D eigenvalue weighted by Gasteiger charge is 2.22. The van der Waals surface area contributed by atoms with Gasteiger partial charge in [0.25, 0.3) is 0 Å². The number of carbonyl (C=O) groups excluding carboxylic acids is 2. The molecule has 0 spiro atoms. The van der Waals surface area contributed by atoms with E-state index < -0.39 is 11.8 Å². The van der Waals surface area contributed by atoms with Gasteiger partial charge in [-0.2, -0.15) is 5.26 Å². The summed E-state index contributed by atoms with van der Waals surface area (Å²) in [7, 11) is 0. The molecule has 1 atom stereocenters. The van der Waals surface area contributed by atoms with Crippen LogP contribution >= 0.6 is 0 Å². The van der Waals surface area contributed by atoms with Gasteiger partial charge in [-0.25, -0.2) is 9.18 Å². The van der Waals surface area contributed by atoms with E-state index in [0.717, 1.165) is 13.0 Å².